The van der Waals surface area contributed by atoms with Crippen molar-refractivity contribution in [3.63, 3.8) is 0 Å². The number of hydrogen-bond donors (Lipinski definition) is 0. The van der Waals surface area contributed by atoms with Crippen molar-refractivity contribution in [3.05, 3.63) is 5.82 Å². The average molecular weight is 183 g/mol. The van der Waals surface area contributed by atoms with Crippen LogP contribution in [-0.2, 0) is 6.42 Å². The van der Waals surface area contributed by atoms with Crippen molar-refractivity contribution >= 4 is 16.7 Å². The van der Waals surface area contributed by atoms with Gasteiger partial charge in [0, 0.05) is 31.0 Å². The molecule has 2 rings (SSSR count). The lowest BCUT2D eigenvalue weighted by Crippen LogP contribution is -2.17. The van der Waals surface area contributed by atoms with Crippen molar-refractivity contribution in [1.29, 1.82) is 0 Å². The van der Waals surface area contributed by atoms with Gasteiger partial charge in [-0.05, 0) is 12.8 Å². The summed E-state index contributed by atoms with van der Waals surface area (Å²) in [6, 6.07) is 0. The van der Waals surface area contributed by atoms with Crippen LogP contribution in [0.1, 0.15) is 25.6 Å². The number of aromatic nitrogens is 2. The highest BCUT2D eigenvalue weighted by Gasteiger charge is 2.15. The van der Waals surface area contributed by atoms with Gasteiger partial charge in [-0.15, -0.1) is 0 Å². The lowest BCUT2D eigenvalue weighted by atomic mass is 10.4. The summed E-state index contributed by atoms with van der Waals surface area (Å²) < 4.78 is 4.27. The van der Waals surface area contributed by atoms with Gasteiger partial charge in [-0.1, -0.05) is 6.92 Å². The second-order valence-corrected chi connectivity index (χ2v) is 3.77. The molecule has 0 N–H and O–H groups in total. The molecule has 1 aliphatic rings. The maximum atomic E-state index is 4.44. The van der Waals surface area contributed by atoms with Gasteiger partial charge in [0.15, 0.2) is 0 Å². The van der Waals surface area contributed by atoms with Gasteiger partial charge in [-0.3, -0.25) is 0 Å². The molecule has 3 nitrogen and oxygen atoms in total. The van der Waals surface area contributed by atoms with Crippen LogP contribution < -0.4 is 4.90 Å². The molecule has 66 valence electrons. The van der Waals surface area contributed by atoms with Crippen LogP contribution in [0.15, 0.2) is 0 Å². The SMILES string of the molecule is CCc1nsc(N2CCCC2)n1. The molecule has 0 unspecified atom stereocenters. The minimum atomic E-state index is 0.949. The summed E-state index contributed by atoms with van der Waals surface area (Å²) in [5, 5.41) is 1.12. The number of rotatable bonds is 2. The summed E-state index contributed by atoms with van der Waals surface area (Å²) in [4.78, 5) is 6.77. The second kappa shape index (κ2) is 3.39. The molecular formula is C8H13N3S. The topological polar surface area (TPSA) is 29.0 Å². The zero-order chi connectivity index (χ0) is 8.39. The van der Waals surface area contributed by atoms with E-state index in [1.54, 1.807) is 0 Å². The van der Waals surface area contributed by atoms with Crippen LogP contribution >= 0.6 is 11.5 Å². The highest BCUT2D eigenvalue weighted by molar-refractivity contribution is 7.09. The van der Waals surface area contributed by atoms with Crippen molar-refractivity contribution in [2.45, 2.75) is 26.2 Å². The lowest BCUT2D eigenvalue weighted by Gasteiger charge is -2.11. The van der Waals surface area contributed by atoms with Crippen molar-refractivity contribution in [3.8, 4) is 0 Å². The molecule has 2 heterocycles. The minimum Gasteiger partial charge on any atom is -0.347 e. The van der Waals surface area contributed by atoms with Gasteiger partial charge in [0.1, 0.15) is 5.82 Å². The normalized spacial score (nSPS) is 17.2. The first-order valence-corrected chi connectivity index (χ1v) is 5.25. The first-order valence-electron chi connectivity index (χ1n) is 4.47. The largest absolute Gasteiger partial charge is 0.347 e. The van der Waals surface area contributed by atoms with E-state index in [0.29, 0.717) is 0 Å². The minimum absolute atomic E-state index is 0.949. The summed E-state index contributed by atoms with van der Waals surface area (Å²) in [6.45, 7) is 4.42. The zero-order valence-corrected chi connectivity index (χ0v) is 8.10. The third-order valence-corrected chi connectivity index (χ3v) is 2.97. The van der Waals surface area contributed by atoms with Gasteiger partial charge < -0.3 is 4.90 Å². The fourth-order valence-corrected chi connectivity index (χ4v) is 2.23. The van der Waals surface area contributed by atoms with E-state index in [4.69, 9.17) is 0 Å². The van der Waals surface area contributed by atoms with E-state index >= 15 is 0 Å². The fraction of sp³-hybridized carbons (Fsp3) is 0.750. The van der Waals surface area contributed by atoms with Crippen LogP contribution in [0.3, 0.4) is 0 Å². The van der Waals surface area contributed by atoms with Crippen molar-refractivity contribution in [1.82, 2.24) is 9.36 Å². The molecule has 0 amide bonds. The molecule has 0 radical (unpaired) electrons. The number of hydrogen-bond acceptors (Lipinski definition) is 4. The Morgan fingerprint density at radius 2 is 2.17 bits per heavy atom. The average Bonchev–Trinajstić information content (AvgIpc) is 2.75. The van der Waals surface area contributed by atoms with E-state index in [-0.39, 0.29) is 0 Å². The highest BCUT2D eigenvalue weighted by atomic mass is 32.1. The maximum Gasteiger partial charge on any atom is 0.205 e. The standard InChI is InChI=1S/C8H13N3S/c1-2-7-9-8(12-10-7)11-5-3-4-6-11/h2-6H2,1H3. The number of anilines is 1. The molecule has 0 atom stereocenters. The number of aryl methyl sites for hydroxylation is 1. The fourth-order valence-electron chi connectivity index (χ4n) is 1.43. The van der Waals surface area contributed by atoms with Gasteiger partial charge in [-0.25, -0.2) is 4.98 Å². The molecule has 1 fully saturated rings. The molecule has 0 aliphatic carbocycles. The van der Waals surface area contributed by atoms with Crippen molar-refractivity contribution in [2.75, 3.05) is 18.0 Å². The van der Waals surface area contributed by atoms with E-state index in [1.807, 2.05) is 0 Å². The molecule has 1 aromatic rings. The summed E-state index contributed by atoms with van der Waals surface area (Å²) in [6.07, 6.45) is 3.56. The maximum absolute atomic E-state index is 4.44. The molecule has 0 spiro atoms. The Balaban J connectivity index is 2.11. The van der Waals surface area contributed by atoms with Gasteiger partial charge >= 0.3 is 0 Å². The van der Waals surface area contributed by atoms with Crippen LogP contribution in [0.4, 0.5) is 5.13 Å². The van der Waals surface area contributed by atoms with E-state index < -0.39 is 0 Å². The summed E-state index contributed by atoms with van der Waals surface area (Å²) >= 11 is 1.54. The number of nitrogens with zero attached hydrogens (tertiary/aromatic N) is 3. The molecule has 4 heteroatoms. The van der Waals surface area contributed by atoms with E-state index in [9.17, 15) is 0 Å². The molecule has 1 aromatic heterocycles. The Labute approximate surface area is 76.6 Å². The first-order chi connectivity index (χ1) is 5.90. The van der Waals surface area contributed by atoms with Crippen LogP contribution in [-0.4, -0.2) is 22.4 Å². The van der Waals surface area contributed by atoms with Crippen molar-refractivity contribution in [2.24, 2.45) is 0 Å². The Kier molecular flexibility index (Phi) is 2.26. The van der Waals surface area contributed by atoms with Gasteiger partial charge in [0.2, 0.25) is 5.13 Å². The third kappa shape index (κ3) is 1.43. The molecule has 0 saturated carbocycles. The highest BCUT2D eigenvalue weighted by Crippen LogP contribution is 2.21. The van der Waals surface area contributed by atoms with Gasteiger partial charge in [0.25, 0.3) is 0 Å². The van der Waals surface area contributed by atoms with Gasteiger partial charge in [0.05, 0.1) is 0 Å². The molecule has 12 heavy (non-hydrogen) atoms. The Bertz CT molecular complexity index is 253. The quantitative estimate of drug-likeness (QED) is 0.699. The Hall–Kier alpha value is -0.640. The summed E-state index contributed by atoms with van der Waals surface area (Å²) in [7, 11) is 0. The van der Waals surface area contributed by atoms with E-state index in [1.165, 1.54) is 37.5 Å². The van der Waals surface area contributed by atoms with Crippen LogP contribution in [0, 0.1) is 0 Å². The first kappa shape index (κ1) is 7.98. The van der Waals surface area contributed by atoms with E-state index in [0.717, 1.165) is 17.4 Å². The smallest absolute Gasteiger partial charge is 0.205 e. The zero-order valence-electron chi connectivity index (χ0n) is 7.29. The van der Waals surface area contributed by atoms with Crippen LogP contribution in [0.2, 0.25) is 0 Å². The predicted molar refractivity (Wildman–Crippen MR) is 50.7 cm³/mol. The molecule has 1 saturated heterocycles. The predicted octanol–water partition coefficient (Wildman–Crippen LogP) is 1.70. The summed E-state index contributed by atoms with van der Waals surface area (Å²) in [5.74, 6) is 0.988. The molecule has 1 aliphatic heterocycles. The molecular weight excluding hydrogens is 170 g/mol. The Morgan fingerprint density at radius 1 is 1.42 bits per heavy atom. The molecule has 0 bridgehead atoms. The monoisotopic (exact) mass is 183 g/mol. The van der Waals surface area contributed by atoms with Gasteiger partial charge in [-0.2, -0.15) is 4.37 Å². The van der Waals surface area contributed by atoms with E-state index in [2.05, 4.69) is 21.2 Å². The third-order valence-electron chi connectivity index (χ3n) is 2.15. The lowest BCUT2D eigenvalue weighted by molar-refractivity contribution is 0.929. The second-order valence-electron chi connectivity index (χ2n) is 3.04. The van der Waals surface area contributed by atoms with Crippen LogP contribution in [0.25, 0.3) is 0 Å². The molecule has 0 aromatic carbocycles. The van der Waals surface area contributed by atoms with Crippen molar-refractivity contribution < 1.29 is 0 Å². The Morgan fingerprint density at radius 3 is 2.75 bits per heavy atom. The van der Waals surface area contributed by atoms with Crippen LogP contribution in [0.5, 0.6) is 0 Å². The summed E-state index contributed by atoms with van der Waals surface area (Å²) in [5.41, 5.74) is 0.